The first-order valence-electron chi connectivity index (χ1n) is 5.66. The van der Waals surface area contributed by atoms with Gasteiger partial charge in [0, 0.05) is 13.2 Å². The van der Waals surface area contributed by atoms with Crippen molar-refractivity contribution in [1.29, 1.82) is 5.26 Å². The molecule has 1 aromatic rings. The molecule has 4 heteroatoms. The normalized spacial score (nSPS) is 10.2. The first kappa shape index (κ1) is 13.5. The first-order chi connectivity index (χ1) is 8.30. The van der Waals surface area contributed by atoms with Crippen LogP contribution < -0.4 is 4.74 Å². The molecule has 0 spiro atoms. The Kier molecular flexibility index (Phi) is 6.08. The molecule has 0 aliphatic rings. The fourth-order valence-corrected chi connectivity index (χ4v) is 1.31. The van der Waals surface area contributed by atoms with Crippen LogP contribution in [0.1, 0.15) is 19.4 Å². The van der Waals surface area contributed by atoms with Gasteiger partial charge >= 0.3 is 0 Å². The minimum absolute atomic E-state index is 0.341. The number of hydrogen-bond donors (Lipinski definition) is 0. The molecule has 0 heterocycles. The highest BCUT2D eigenvalue weighted by Gasteiger charge is 2.08. The van der Waals surface area contributed by atoms with Crippen LogP contribution in [0, 0.1) is 11.3 Å². The molecular weight excluding hydrogens is 218 g/mol. The van der Waals surface area contributed by atoms with Gasteiger partial charge in [-0.15, -0.1) is 0 Å². The summed E-state index contributed by atoms with van der Waals surface area (Å²) in [5.41, 5.74) is 0.614. The third-order valence-corrected chi connectivity index (χ3v) is 2.07. The maximum Gasteiger partial charge on any atom is 0.191 e. The molecule has 0 fully saturated rings. The van der Waals surface area contributed by atoms with E-state index in [-0.39, 0.29) is 6.29 Å². The van der Waals surface area contributed by atoms with Crippen molar-refractivity contribution >= 4 is 0 Å². The Morgan fingerprint density at radius 1 is 1.12 bits per heavy atom. The summed E-state index contributed by atoms with van der Waals surface area (Å²) in [7, 11) is 0. The molecule has 0 aliphatic carbocycles. The van der Waals surface area contributed by atoms with E-state index in [1.54, 1.807) is 24.3 Å². The van der Waals surface area contributed by atoms with Crippen LogP contribution in [-0.4, -0.2) is 26.1 Å². The molecule has 0 N–H and O–H groups in total. The molecule has 0 saturated carbocycles. The lowest BCUT2D eigenvalue weighted by Gasteiger charge is -2.17. The molecule has 92 valence electrons. The van der Waals surface area contributed by atoms with Crippen molar-refractivity contribution in [3.05, 3.63) is 29.8 Å². The Hall–Kier alpha value is -1.57. The van der Waals surface area contributed by atoms with Gasteiger partial charge in [0.25, 0.3) is 0 Å². The van der Waals surface area contributed by atoms with Gasteiger partial charge in [-0.05, 0) is 38.1 Å². The molecule has 4 nitrogen and oxygen atoms in total. The second kappa shape index (κ2) is 7.66. The van der Waals surface area contributed by atoms with E-state index in [4.69, 9.17) is 19.5 Å². The zero-order chi connectivity index (χ0) is 12.5. The largest absolute Gasteiger partial charge is 0.488 e. The number of rotatable bonds is 7. The number of nitriles is 1. The van der Waals surface area contributed by atoms with Crippen LogP contribution in [0.5, 0.6) is 5.75 Å². The summed E-state index contributed by atoms with van der Waals surface area (Å²) < 4.78 is 16.2. The monoisotopic (exact) mass is 235 g/mol. The molecule has 0 unspecified atom stereocenters. The molecule has 0 amide bonds. The molecule has 0 radical (unpaired) electrons. The van der Waals surface area contributed by atoms with E-state index >= 15 is 0 Å². The van der Waals surface area contributed by atoms with Gasteiger partial charge in [0.05, 0.1) is 11.6 Å². The maximum atomic E-state index is 8.66. The van der Waals surface area contributed by atoms with Crippen LogP contribution >= 0.6 is 0 Å². The Bertz CT molecular complexity index is 350. The summed E-state index contributed by atoms with van der Waals surface area (Å²) in [6, 6.07) is 9.00. The zero-order valence-electron chi connectivity index (χ0n) is 10.2. The topological polar surface area (TPSA) is 51.5 Å². The van der Waals surface area contributed by atoms with Crippen LogP contribution in [0.4, 0.5) is 0 Å². The van der Waals surface area contributed by atoms with Crippen molar-refractivity contribution in [2.24, 2.45) is 0 Å². The van der Waals surface area contributed by atoms with Crippen LogP contribution in [0.3, 0.4) is 0 Å². The number of hydrogen-bond acceptors (Lipinski definition) is 4. The summed E-state index contributed by atoms with van der Waals surface area (Å²) >= 11 is 0. The van der Waals surface area contributed by atoms with Gasteiger partial charge in [-0.1, -0.05) is 0 Å². The number of nitrogens with zero attached hydrogens (tertiary/aromatic N) is 1. The van der Waals surface area contributed by atoms with Crippen molar-refractivity contribution in [2.45, 2.75) is 20.1 Å². The van der Waals surface area contributed by atoms with Crippen molar-refractivity contribution in [2.75, 3.05) is 19.8 Å². The van der Waals surface area contributed by atoms with Gasteiger partial charge in [-0.2, -0.15) is 5.26 Å². The Morgan fingerprint density at radius 3 is 2.18 bits per heavy atom. The highest BCUT2D eigenvalue weighted by molar-refractivity contribution is 5.34. The van der Waals surface area contributed by atoms with Gasteiger partial charge in [-0.3, -0.25) is 0 Å². The van der Waals surface area contributed by atoms with Crippen LogP contribution in [0.2, 0.25) is 0 Å². The van der Waals surface area contributed by atoms with Crippen LogP contribution in [0.15, 0.2) is 24.3 Å². The molecule has 0 atom stereocenters. The molecule has 0 saturated heterocycles. The molecule has 17 heavy (non-hydrogen) atoms. The summed E-state index contributed by atoms with van der Waals surface area (Å²) in [5.74, 6) is 0.702. The third-order valence-electron chi connectivity index (χ3n) is 2.07. The predicted molar refractivity (Wildman–Crippen MR) is 63.7 cm³/mol. The second-order valence-electron chi connectivity index (χ2n) is 3.29. The molecule has 0 bridgehead atoms. The van der Waals surface area contributed by atoms with Gasteiger partial charge in [0.15, 0.2) is 6.29 Å². The smallest absolute Gasteiger partial charge is 0.191 e. The first-order valence-corrected chi connectivity index (χ1v) is 5.66. The molecule has 1 aromatic carbocycles. The summed E-state index contributed by atoms with van der Waals surface area (Å²) in [4.78, 5) is 0. The summed E-state index contributed by atoms with van der Waals surface area (Å²) in [5, 5.41) is 8.66. The Labute approximate surface area is 102 Å². The number of ether oxygens (including phenoxy) is 3. The minimum Gasteiger partial charge on any atom is -0.488 e. The second-order valence-corrected chi connectivity index (χ2v) is 3.29. The lowest BCUT2D eigenvalue weighted by atomic mass is 10.2. The van der Waals surface area contributed by atoms with Gasteiger partial charge in [0.2, 0.25) is 0 Å². The van der Waals surface area contributed by atoms with Crippen molar-refractivity contribution in [3.8, 4) is 11.8 Å². The highest BCUT2D eigenvalue weighted by atomic mass is 16.7. The Balaban J connectivity index is 2.44. The standard InChI is InChI=1S/C13H17NO3/c1-3-15-13(16-4-2)10-17-12-7-5-11(9-14)6-8-12/h5-8,13H,3-4,10H2,1-2H3. The fraction of sp³-hybridized carbons (Fsp3) is 0.462. The van der Waals surface area contributed by atoms with Crippen LogP contribution in [0.25, 0.3) is 0 Å². The maximum absolute atomic E-state index is 8.66. The lowest BCUT2D eigenvalue weighted by Crippen LogP contribution is -2.25. The van der Waals surface area contributed by atoms with E-state index in [2.05, 4.69) is 6.07 Å². The van der Waals surface area contributed by atoms with E-state index in [0.29, 0.717) is 31.1 Å². The zero-order valence-corrected chi connectivity index (χ0v) is 10.2. The van der Waals surface area contributed by atoms with Gasteiger partial charge < -0.3 is 14.2 Å². The van der Waals surface area contributed by atoms with Crippen molar-refractivity contribution in [3.63, 3.8) is 0 Å². The van der Waals surface area contributed by atoms with E-state index in [0.717, 1.165) is 0 Å². The van der Waals surface area contributed by atoms with Crippen LogP contribution in [-0.2, 0) is 9.47 Å². The van der Waals surface area contributed by atoms with E-state index in [1.807, 2.05) is 13.8 Å². The lowest BCUT2D eigenvalue weighted by molar-refractivity contribution is -0.152. The molecule has 1 rings (SSSR count). The average molecular weight is 235 g/mol. The Morgan fingerprint density at radius 2 is 1.71 bits per heavy atom. The molecular formula is C13H17NO3. The minimum atomic E-state index is -0.347. The van der Waals surface area contributed by atoms with E-state index < -0.39 is 0 Å². The fourth-order valence-electron chi connectivity index (χ4n) is 1.31. The predicted octanol–water partition coefficient (Wildman–Crippen LogP) is 2.34. The van der Waals surface area contributed by atoms with Crippen molar-refractivity contribution in [1.82, 2.24) is 0 Å². The molecule has 0 aliphatic heterocycles. The summed E-state index contributed by atoms with van der Waals surface area (Å²) in [6.45, 7) is 5.33. The molecule has 0 aromatic heterocycles. The van der Waals surface area contributed by atoms with E-state index in [9.17, 15) is 0 Å². The van der Waals surface area contributed by atoms with Gasteiger partial charge in [-0.25, -0.2) is 0 Å². The third kappa shape index (κ3) is 4.85. The highest BCUT2D eigenvalue weighted by Crippen LogP contribution is 2.12. The quantitative estimate of drug-likeness (QED) is 0.681. The van der Waals surface area contributed by atoms with Crippen molar-refractivity contribution < 1.29 is 14.2 Å². The SMILES string of the molecule is CCOC(COc1ccc(C#N)cc1)OCC. The van der Waals surface area contributed by atoms with E-state index in [1.165, 1.54) is 0 Å². The average Bonchev–Trinajstić information content (AvgIpc) is 2.37. The summed E-state index contributed by atoms with van der Waals surface area (Å²) in [6.07, 6.45) is -0.347. The number of benzene rings is 1. The van der Waals surface area contributed by atoms with Gasteiger partial charge in [0.1, 0.15) is 12.4 Å².